The number of carbonyl (C=O) groups is 1. The maximum Gasteiger partial charge on any atom is 0.322 e. The van der Waals surface area contributed by atoms with Crippen molar-refractivity contribution in [1.29, 1.82) is 0 Å². The number of carbonyl (C=O) groups excluding carboxylic acids is 1. The van der Waals surface area contributed by atoms with Gasteiger partial charge in [0.05, 0.1) is 0 Å². The Kier molecular flexibility index (Phi) is 5.95. The molecule has 0 bridgehead atoms. The van der Waals surface area contributed by atoms with Crippen LogP contribution in [0.4, 0.5) is 10.5 Å². The molecule has 2 amide bonds. The number of amides is 2. The average molecular weight is 271 g/mol. The van der Waals surface area contributed by atoms with E-state index in [9.17, 15) is 4.79 Å². The first-order valence-corrected chi connectivity index (χ1v) is 6.36. The predicted octanol–water partition coefficient (Wildman–Crippen LogP) is 2.96. The van der Waals surface area contributed by atoms with E-state index in [1.165, 1.54) is 0 Å². The highest BCUT2D eigenvalue weighted by atomic mass is 35.5. The van der Waals surface area contributed by atoms with Crippen LogP contribution in [0.3, 0.4) is 0 Å². The lowest BCUT2D eigenvalue weighted by atomic mass is 10.3. The zero-order valence-corrected chi connectivity index (χ0v) is 11.4. The Morgan fingerprint density at radius 2 is 2.22 bits per heavy atom. The van der Waals surface area contributed by atoms with Gasteiger partial charge in [-0.25, -0.2) is 4.79 Å². The van der Waals surface area contributed by atoms with Crippen LogP contribution in [-0.2, 0) is 0 Å². The molecule has 0 unspecified atom stereocenters. The first kappa shape index (κ1) is 14.8. The molecular formula is C13H19ClN2O2. The van der Waals surface area contributed by atoms with Gasteiger partial charge in [0.25, 0.3) is 0 Å². The Morgan fingerprint density at radius 3 is 2.78 bits per heavy atom. The van der Waals surface area contributed by atoms with Crippen LogP contribution < -0.4 is 5.32 Å². The second-order valence-electron chi connectivity index (χ2n) is 4.30. The topological polar surface area (TPSA) is 52.6 Å². The average Bonchev–Trinajstić information content (AvgIpc) is 2.29. The minimum atomic E-state index is -0.180. The number of nitrogens with zero attached hydrogens (tertiary/aromatic N) is 1. The van der Waals surface area contributed by atoms with Crippen molar-refractivity contribution in [2.24, 2.45) is 0 Å². The molecule has 1 rings (SSSR count). The predicted molar refractivity (Wildman–Crippen MR) is 74.0 cm³/mol. The van der Waals surface area contributed by atoms with Gasteiger partial charge in [0.2, 0.25) is 0 Å². The molecule has 2 N–H and O–H groups in total. The standard InChI is InChI=1S/C13H19ClN2O2/c1-10(2)16(7-4-8-17)13(18)15-12-6-3-5-11(14)9-12/h3,5-6,9-10,17H,4,7-8H2,1-2H3,(H,15,18). The largest absolute Gasteiger partial charge is 0.396 e. The van der Waals surface area contributed by atoms with E-state index in [0.717, 1.165) is 0 Å². The molecule has 4 nitrogen and oxygen atoms in total. The van der Waals surface area contributed by atoms with Gasteiger partial charge < -0.3 is 15.3 Å². The second-order valence-corrected chi connectivity index (χ2v) is 4.74. The van der Waals surface area contributed by atoms with Crippen molar-refractivity contribution in [3.05, 3.63) is 29.3 Å². The van der Waals surface area contributed by atoms with Gasteiger partial charge >= 0.3 is 6.03 Å². The van der Waals surface area contributed by atoms with Gasteiger partial charge in [0.1, 0.15) is 0 Å². The Balaban J connectivity index is 2.66. The molecule has 0 saturated heterocycles. The van der Waals surface area contributed by atoms with Crippen LogP contribution in [0.2, 0.25) is 5.02 Å². The SMILES string of the molecule is CC(C)N(CCCO)C(=O)Nc1cccc(Cl)c1. The number of urea groups is 1. The fourth-order valence-electron chi connectivity index (χ4n) is 1.60. The van der Waals surface area contributed by atoms with Gasteiger partial charge in [-0.15, -0.1) is 0 Å². The Bertz CT molecular complexity index is 396. The van der Waals surface area contributed by atoms with Crippen LogP contribution in [0.25, 0.3) is 0 Å². The zero-order chi connectivity index (χ0) is 13.5. The number of hydrogen-bond acceptors (Lipinski definition) is 2. The third-order valence-electron chi connectivity index (χ3n) is 2.52. The van der Waals surface area contributed by atoms with E-state index in [1.807, 2.05) is 13.8 Å². The molecule has 0 aromatic heterocycles. The van der Waals surface area contributed by atoms with E-state index in [-0.39, 0.29) is 18.7 Å². The monoisotopic (exact) mass is 270 g/mol. The van der Waals surface area contributed by atoms with Gasteiger partial charge in [-0.3, -0.25) is 0 Å². The molecule has 0 radical (unpaired) electrons. The summed E-state index contributed by atoms with van der Waals surface area (Å²) in [7, 11) is 0. The smallest absolute Gasteiger partial charge is 0.322 e. The molecule has 1 aromatic carbocycles. The van der Waals surface area contributed by atoms with Crippen LogP contribution in [-0.4, -0.2) is 35.2 Å². The fraction of sp³-hybridized carbons (Fsp3) is 0.462. The summed E-state index contributed by atoms with van der Waals surface area (Å²) >= 11 is 5.86. The molecule has 100 valence electrons. The van der Waals surface area contributed by atoms with Gasteiger partial charge in [0, 0.05) is 29.9 Å². The van der Waals surface area contributed by atoms with E-state index in [2.05, 4.69) is 5.32 Å². The number of halogens is 1. The number of aliphatic hydroxyl groups is 1. The van der Waals surface area contributed by atoms with Crippen molar-refractivity contribution in [2.45, 2.75) is 26.3 Å². The number of anilines is 1. The van der Waals surface area contributed by atoms with Crippen molar-refractivity contribution in [2.75, 3.05) is 18.5 Å². The molecule has 0 saturated carbocycles. The van der Waals surface area contributed by atoms with Gasteiger partial charge in [-0.05, 0) is 38.5 Å². The van der Waals surface area contributed by atoms with Gasteiger partial charge in [0.15, 0.2) is 0 Å². The van der Waals surface area contributed by atoms with Crippen molar-refractivity contribution in [3.63, 3.8) is 0 Å². The van der Waals surface area contributed by atoms with E-state index in [1.54, 1.807) is 29.2 Å². The maximum atomic E-state index is 12.1. The highest BCUT2D eigenvalue weighted by molar-refractivity contribution is 6.30. The molecule has 0 heterocycles. The molecule has 0 spiro atoms. The number of nitrogens with one attached hydrogen (secondary N) is 1. The molecule has 0 fully saturated rings. The number of rotatable bonds is 5. The highest BCUT2D eigenvalue weighted by Gasteiger charge is 2.16. The van der Waals surface area contributed by atoms with Crippen LogP contribution in [0.1, 0.15) is 20.3 Å². The first-order valence-electron chi connectivity index (χ1n) is 5.98. The second kappa shape index (κ2) is 7.24. The normalized spacial score (nSPS) is 10.5. The van der Waals surface area contributed by atoms with Gasteiger partial charge in [-0.1, -0.05) is 17.7 Å². The molecule has 0 aliphatic heterocycles. The van der Waals surface area contributed by atoms with Gasteiger partial charge in [-0.2, -0.15) is 0 Å². The molecular weight excluding hydrogens is 252 g/mol. The van der Waals surface area contributed by atoms with Crippen LogP contribution in [0, 0.1) is 0 Å². The summed E-state index contributed by atoms with van der Waals surface area (Å²) in [5.41, 5.74) is 0.669. The molecule has 18 heavy (non-hydrogen) atoms. The first-order chi connectivity index (χ1) is 8.54. The minimum absolute atomic E-state index is 0.0770. The summed E-state index contributed by atoms with van der Waals surface area (Å²) in [6.45, 7) is 4.48. The summed E-state index contributed by atoms with van der Waals surface area (Å²) in [5.74, 6) is 0. The molecule has 5 heteroatoms. The number of hydrogen-bond donors (Lipinski definition) is 2. The van der Waals surface area contributed by atoms with Crippen molar-refractivity contribution >= 4 is 23.3 Å². The molecule has 0 aliphatic carbocycles. The summed E-state index contributed by atoms with van der Waals surface area (Å²) in [6, 6.07) is 6.92. The maximum absolute atomic E-state index is 12.1. The van der Waals surface area contributed by atoms with E-state index in [4.69, 9.17) is 16.7 Å². The summed E-state index contributed by atoms with van der Waals surface area (Å²) in [6.07, 6.45) is 0.571. The molecule has 0 atom stereocenters. The van der Waals surface area contributed by atoms with Crippen molar-refractivity contribution in [3.8, 4) is 0 Å². The molecule has 0 aliphatic rings. The molecule has 1 aromatic rings. The lowest BCUT2D eigenvalue weighted by Gasteiger charge is -2.26. The Morgan fingerprint density at radius 1 is 1.50 bits per heavy atom. The highest BCUT2D eigenvalue weighted by Crippen LogP contribution is 2.15. The third-order valence-corrected chi connectivity index (χ3v) is 2.75. The minimum Gasteiger partial charge on any atom is -0.396 e. The summed E-state index contributed by atoms with van der Waals surface area (Å²) < 4.78 is 0. The van der Waals surface area contributed by atoms with Crippen molar-refractivity contribution in [1.82, 2.24) is 4.90 Å². The van der Waals surface area contributed by atoms with E-state index < -0.39 is 0 Å². The third kappa shape index (κ3) is 4.55. The summed E-state index contributed by atoms with van der Waals surface area (Å²) in [4.78, 5) is 13.7. The van der Waals surface area contributed by atoms with Crippen LogP contribution in [0.15, 0.2) is 24.3 Å². The fourth-order valence-corrected chi connectivity index (χ4v) is 1.79. The van der Waals surface area contributed by atoms with Crippen molar-refractivity contribution < 1.29 is 9.90 Å². The summed E-state index contributed by atoms with van der Waals surface area (Å²) in [5, 5.41) is 12.2. The zero-order valence-electron chi connectivity index (χ0n) is 10.7. The Hall–Kier alpha value is -1.26. The van der Waals surface area contributed by atoms with E-state index >= 15 is 0 Å². The lowest BCUT2D eigenvalue weighted by Crippen LogP contribution is -2.40. The lowest BCUT2D eigenvalue weighted by molar-refractivity contribution is 0.186. The van der Waals surface area contributed by atoms with E-state index in [0.29, 0.717) is 23.7 Å². The van der Waals surface area contributed by atoms with Crippen LogP contribution in [0.5, 0.6) is 0 Å². The number of benzene rings is 1. The quantitative estimate of drug-likeness (QED) is 0.864. The van der Waals surface area contributed by atoms with Crippen LogP contribution >= 0.6 is 11.6 Å². The Labute approximate surface area is 113 Å². The number of aliphatic hydroxyl groups excluding tert-OH is 1.